The number of rotatable bonds is 1. The topological polar surface area (TPSA) is 36.4 Å². The number of aliphatic hydroxyl groups excluding tert-OH is 1. The lowest BCUT2D eigenvalue weighted by Crippen LogP contribution is -2.21. The average Bonchev–Trinajstić information content (AvgIpc) is 2.83. The largest absolute Gasteiger partial charge is 0.391 e. The molecule has 2 heterocycles. The van der Waals surface area contributed by atoms with Crippen LogP contribution < -0.4 is 4.90 Å². The summed E-state index contributed by atoms with van der Waals surface area (Å²) in [5.74, 6) is 1.03. The number of aromatic nitrogens is 1. The molecule has 0 bridgehead atoms. The number of fused-ring (bicyclic) bond motifs is 1. The van der Waals surface area contributed by atoms with Gasteiger partial charge in [0.15, 0.2) is 0 Å². The Hall–Kier alpha value is -1.13. The normalized spacial score (nSPS) is 21.4. The second kappa shape index (κ2) is 3.47. The standard InChI is InChI=1S/C11H12N2OS/c14-8-5-6-13(7-8)11-9-3-1-2-4-10(9)15-12-11/h1-4,8,14H,5-7H2. The molecule has 0 radical (unpaired) electrons. The summed E-state index contributed by atoms with van der Waals surface area (Å²) in [6.45, 7) is 1.63. The fraction of sp³-hybridized carbons (Fsp3) is 0.364. The van der Waals surface area contributed by atoms with Gasteiger partial charge in [0.05, 0.1) is 10.8 Å². The third kappa shape index (κ3) is 1.50. The molecule has 1 fully saturated rings. The van der Waals surface area contributed by atoms with Gasteiger partial charge in [-0.1, -0.05) is 12.1 Å². The third-order valence-electron chi connectivity index (χ3n) is 2.82. The van der Waals surface area contributed by atoms with Crippen molar-refractivity contribution >= 4 is 27.4 Å². The van der Waals surface area contributed by atoms with Crippen LogP contribution in [0.25, 0.3) is 10.1 Å². The molecule has 78 valence electrons. The van der Waals surface area contributed by atoms with Crippen molar-refractivity contribution in [3.8, 4) is 0 Å². The minimum Gasteiger partial charge on any atom is -0.391 e. The lowest BCUT2D eigenvalue weighted by Gasteiger charge is -2.14. The van der Waals surface area contributed by atoms with Crippen LogP contribution in [0.2, 0.25) is 0 Å². The van der Waals surface area contributed by atoms with Gasteiger partial charge in [0.25, 0.3) is 0 Å². The van der Waals surface area contributed by atoms with Crippen molar-refractivity contribution in [2.75, 3.05) is 18.0 Å². The van der Waals surface area contributed by atoms with Gasteiger partial charge in [0, 0.05) is 18.5 Å². The first kappa shape index (κ1) is 9.12. The van der Waals surface area contributed by atoms with E-state index in [1.54, 1.807) is 0 Å². The predicted molar refractivity (Wildman–Crippen MR) is 62.5 cm³/mol. The van der Waals surface area contributed by atoms with E-state index in [9.17, 15) is 5.11 Å². The van der Waals surface area contributed by atoms with Gasteiger partial charge < -0.3 is 10.0 Å². The quantitative estimate of drug-likeness (QED) is 0.797. The van der Waals surface area contributed by atoms with E-state index in [-0.39, 0.29) is 6.10 Å². The van der Waals surface area contributed by atoms with E-state index in [0.717, 1.165) is 18.8 Å². The van der Waals surface area contributed by atoms with Gasteiger partial charge in [0.1, 0.15) is 5.82 Å². The van der Waals surface area contributed by atoms with E-state index in [0.29, 0.717) is 6.54 Å². The van der Waals surface area contributed by atoms with Gasteiger partial charge in [-0.3, -0.25) is 0 Å². The number of benzene rings is 1. The third-order valence-corrected chi connectivity index (χ3v) is 3.64. The van der Waals surface area contributed by atoms with Crippen LogP contribution in [-0.2, 0) is 0 Å². The van der Waals surface area contributed by atoms with E-state index >= 15 is 0 Å². The molecule has 0 amide bonds. The Morgan fingerprint density at radius 2 is 2.27 bits per heavy atom. The van der Waals surface area contributed by atoms with Gasteiger partial charge >= 0.3 is 0 Å². The Labute approximate surface area is 92.1 Å². The summed E-state index contributed by atoms with van der Waals surface area (Å²) in [5.41, 5.74) is 0. The molecule has 4 heteroatoms. The Bertz CT molecular complexity index is 482. The number of β-amino-alcohol motifs (C(OH)–C–C–N with tert-alkyl or cyclic N) is 1. The lowest BCUT2D eigenvalue weighted by atomic mass is 10.2. The monoisotopic (exact) mass is 220 g/mol. The summed E-state index contributed by atoms with van der Waals surface area (Å²) in [6.07, 6.45) is 0.664. The van der Waals surface area contributed by atoms with Crippen molar-refractivity contribution in [2.45, 2.75) is 12.5 Å². The van der Waals surface area contributed by atoms with Crippen LogP contribution in [0.1, 0.15) is 6.42 Å². The van der Waals surface area contributed by atoms with Gasteiger partial charge in [0.2, 0.25) is 0 Å². The molecule has 1 N–H and O–H groups in total. The van der Waals surface area contributed by atoms with Crippen molar-refractivity contribution in [3.05, 3.63) is 24.3 Å². The fourth-order valence-electron chi connectivity index (χ4n) is 2.03. The molecule has 1 aromatic heterocycles. The molecule has 15 heavy (non-hydrogen) atoms. The first-order chi connectivity index (χ1) is 7.34. The van der Waals surface area contributed by atoms with Crippen LogP contribution in [0.4, 0.5) is 5.82 Å². The Morgan fingerprint density at radius 1 is 1.40 bits per heavy atom. The molecular weight excluding hydrogens is 208 g/mol. The lowest BCUT2D eigenvalue weighted by molar-refractivity contribution is 0.198. The summed E-state index contributed by atoms with van der Waals surface area (Å²) < 4.78 is 5.68. The van der Waals surface area contributed by atoms with E-state index in [4.69, 9.17) is 0 Å². The van der Waals surface area contributed by atoms with Crippen molar-refractivity contribution in [2.24, 2.45) is 0 Å². The van der Waals surface area contributed by atoms with Crippen molar-refractivity contribution in [3.63, 3.8) is 0 Å². The number of hydrogen-bond donors (Lipinski definition) is 1. The first-order valence-electron chi connectivity index (χ1n) is 5.12. The second-order valence-electron chi connectivity index (χ2n) is 3.89. The summed E-state index contributed by atoms with van der Waals surface area (Å²) in [6, 6.07) is 8.25. The Balaban J connectivity index is 2.04. The minimum atomic E-state index is -0.189. The molecule has 0 spiro atoms. The summed E-state index contributed by atoms with van der Waals surface area (Å²) in [5, 5.41) is 10.7. The highest BCUT2D eigenvalue weighted by atomic mass is 32.1. The predicted octanol–water partition coefficient (Wildman–Crippen LogP) is 1.87. The minimum absolute atomic E-state index is 0.189. The van der Waals surface area contributed by atoms with Crippen LogP contribution in [0.3, 0.4) is 0 Å². The molecule has 1 saturated heterocycles. The highest BCUT2D eigenvalue weighted by Gasteiger charge is 2.23. The highest BCUT2D eigenvalue weighted by Crippen LogP contribution is 2.31. The second-order valence-corrected chi connectivity index (χ2v) is 4.70. The van der Waals surface area contributed by atoms with Crippen LogP contribution in [0.5, 0.6) is 0 Å². The van der Waals surface area contributed by atoms with E-state index in [2.05, 4.69) is 21.4 Å². The summed E-state index contributed by atoms with van der Waals surface area (Å²) >= 11 is 1.53. The summed E-state index contributed by atoms with van der Waals surface area (Å²) in [4.78, 5) is 2.17. The maximum atomic E-state index is 9.50. The smallest absolute Gasteiger partial charge is 0.150 e. The number of nitrogens with zero attached hydrogens (tertiary/aromatic N) is 2. The maximum absolute atomic E-state index is 9.50. The van der Waals surface area contributed by atoms with Crippen molar-refractivity contribution in [1.29, 1.82) is 0 Å². The molecular formula is C11H12N2OS. The SMILES string of the molecule is OC1CCN(c2nsc3ccccc23)C1. The van der Waals surface area contributed by atoms with Crippen LogP contribution in [0.15, 0.2) is 24.3 Å². The molecule has 1 atom stereocenters. The summed E-state index contributed by atoms with van der Waals surface area (Å²) in [7, 11) is 0. The van der Waals surface area contributed by atoms with Gasteiger partial charge in [-0.05, 0) is 30.1 Å². The Morgan fingerprint density at radius 3 is 3.07 bits per heavy atom. The van der Waals surface area contributed by atoms with Gasteiger partial charge in [-0.15, -0.1) is 0 Å². The molecule has 3 nitrogen and oxygen atoms in total. The zero-order chi connectivity index (χ0) is 10.3. The fourth-order valence-corrected chi connectivity index (χ4v) is 2.83. The first-order valence-corrected chi connectivity index (χ1v) is 5.89. The van der Waals surface area contributed by atoms with Crippen LogP contribution >= 0.6 is 11.5 Å². The van der Waals surface area contributed by atoms with Gasteiger partial charge in [-0.25, -0.2) is 0 Å². The van der Waals surface area contributed by atoms with E-state index in [1.807, 2.05) is 12.1 Å². The zero-order valence-electron chi connectivity index (χ0n) is 8.26. The van der Waals surface area contributed by atoms with Crippen molar-refractivity contribution in [1.82, 2.24) is 4.37 Å². The molecule has 1 aromatic carbocycles. The van der Waals surface area contributed by atoms with E-state index < -0.39 is 0 Å². The zero-order valence-corrected chi connectivity index (χ0v) is 9.07. The molecule has 2 aromatic rings. The highest BCUT2D eigenvalue weighted by molar-refractivity contribution is 7.13. The molecule has 0 saturated carbocycles. The molecule has 1 aliphatic heterocycles. The molecule has 3 rings (SSSR count). The molecule has 1 aliphatic rings. The number of anilines is 1. The average molecular weight is 220 g/mol. The van der Waals surface area contributed by atoms with Crippen LogP contribution in [0, 0.1) is 0 Å². The van der Waals surface area contributed by atoms with Crippen LogP contribution in [-0.4, -0.2) is 28.7 Å². The van der Waals surface area contributed by atoms with Gasteiger partial charge in [-0.2, -0.15) is 4.37 Å². The number of aliphatic hydroxyl groups is 1. The molecule has 0 aliphatic carbocycles. The molecule has 1 unspecified atom stereocenters. The van der Waals surface area contributed by atoms with E-state index in [1.165, 1.54) is 21.6 Å². The Kier molecular flexibility index (Phi) is 2.11. The maximum Gasteiger partial charge on any atom is 0.150 e. The van der Waals surface area contributed by atoms with Crippen molar-refractivity contribution < 1.29 is 5.11 Å². The number of hydrogen-bond acceptors (Lipinski definition) is 4.